The van der Waals surface area contributed by atoms with E-state index in [0.717, 1.165) is 15.7 Å². The van der Waals surface area contributed by atoms with Crippen molar-refractivity contribution in [1.82, 2.24) is 4.98 Å². The molecule has 1 heterocycles. The molecule has 0 spiro atoms. The van der Waals surface area contributed by atoms with Crippen molar-refractivity contribution >= 4 is 23.1 Å². The van der Waals surface area contributed by atoms with Crippen LogP contribution < -0.4 is 0 Å². The van der Waals surface area contributed by atoms with Crippen LogP contribution in [0.4, 0.5) is 0 Å². The Morgan fingerprint density at radius 2 is 2.24 bits per heavy atom. The molecule has 4 heteroatoms. The van der Waals surface area contributed by atoms with Gasteiger partial charge in [0.1, 0.15) is 10.9 Å². The summed E-state index contributed by atoms with van der Waals surface area (Å²) in [7, 11) is 0. The van der Waals surface area contributed by atoms with Crippen LogP contribution in [-0.4, -0.2) is 16.7 Å². The number of rotatable bonds is 3. The zero-order valence-electron chi connectivity index (χ0n) is 9.09. The van der Waals surface area contributed by atoms with Crippen LogP contribution >= 0.6 is 23.1 Å². The number of aliphatic hydroxyl groups is 1. The molecule has 1 N–H and O–H groups in total. The van der Waals surface area contributed by atoms with E-state index in [1.54, 1.807) is 23.1 Å². The molecule has 2 aromatic rings. The fraction of sp³-hybridized carbons (Fsp3) is 0.154. The van der Waals surface area contributed by atoms with Crippen LogP contribution in [0.5, 0.6) is 0 Å². The molecule has 0 saturated heterocycles. The average Bonchev–Trinajstić information content (AvgIpc) is 2.88. The van der Waals surface area contributed by atoms with E-state index in [4.69, 9.17) is 5.11 Å². The Kier molecular flexibility index (Phi) is 4.63. The third-order valence-corrected chi connectivity index (χ3v) is 4.10. The second-order valence-corrected chi connectivity index (χ2v) is 5.32. The van der Waals surface area contributed by atoms with Gasteiger partial charge in [0, 0.05) is 22.9 Å². The third-order valence-electron chi connectivity index (χ3n) is 2.08. The molecule has 0 aliphatic carbocycles. The second kappa shape index (κ2) is 6.45. The summed E-state index contributed by atoms with van der Waals surface area (Å²) in [6, 6.07) is 7.99. The van der Waals surface area contributed by atoms with E-state index >= 15 is 0 Å². The summed E-state index contributed by atoms with van der Waals surface area (Å²) in [6.45, 7) is -0.103. The van der Waals surface area contributed by atoms with Gasteiger partial charge in [-0.05, 0) is 11.6 Å². The Morgan fingerprint density at radius 1 is 1.35 bits per heavy atom. The number of aromatic nitrogens is 1. The van der Waals surface area contributed by atoms with Crippen molar-refractivity contribution in [2.24, 2.45) is 0 Å². The number of hydrogen-bond acceptors (Lipinski definition) is 4. The molecule has 0 saturated carbocycles. The molecule has 0 aliphatic rings. The van der Waals surface area contributed by atoms with E-state index in [2.05, 4.69) is 22.9 Å². The summed E-state index contributed by atoms with van der Waals surface area (Å²) in [5, 5.41) is 10.7. The molecule has 0 unspecified atom stereocenters. The summed E-state index contributed by atoms with van der Waals surface area (Å²) < 4.78 is 1.06. The second-order valence-electron chi connectivity index (χ2n) is 3.20. The van der Waals surface area contributed by atoms with E-state index in [0.29, 0.717) is 0 Å². The minimum atomic E-state index is -0.103. The Labute approximate surface area is 109 Å². The zero-order chi connectivity index (χ0) is 11.9. The summed E-state index contributed by atoms with van der Waals surface area (Å²) in [6.07, 6.45) is 1.81. The lowest BCUT2D eigenvalue weighted by atomic mass is 10.1. The minimum absolute atomic E-state index is 0.103. The van der Waals surface area contributed by atoms with E-state index in [9.17, 15) is 0 Å². The zero-order valence-corrected chi connectivity index (χ0v) is 10.7. The fourth-order valence-corrected chi connectivity index (χ4v) is 2.97. The first-order valence-electron chi connectivity index (χ1n) is 5.10. The first-order valence-corrected chi connectivity index (χ1v) is 6.96. The van der Waals surface area contributed by atoms with Crippen LogP contribution in [0.15, 0.2) is 40.2 Å². The summed E-state index contributed by atoms with van der Waals surface area (Å²) in [4.78, 5) is 4.23. The van der Waals surface area contributed by atoms with E-state index in [1.165, 1.54) is 5.56 Å². The van der Waals surface area contributed by atoms with E-state index in [-0.39, 0.29) is 6.61 Å². The van der Waals surface area contributed by atoms with Crippen LogP contribution in [0.1, 0.15) is 11.1 Å². The standard InChI is InChI=1S/C13H11NOS2/c15-8-3-6-11-4-1-2-5-12(11)10-17-13-14-7-9-16-13/h1-2,4-5,7,9,15H,8,10H2. The molecule has 2 rings (SSSR count). The van der Waals surface area contributed by atoms with Crippen molar-refractivity contribution in [1.29, 1.82) is 0 Å². The Balaban J connectivity index is 2.09. The third kappa shape index (κ3) is 3.60. The first-order chi connectivity index (χ1) is 8.40. The molecule has 1 aromatic heterocycles. The molecule has 0 aliphatic heterocycles. The molecule has 0 atom stereocenters. The first kappa shape index (κ1) is 12.2. The number of thioether (sulfide) groups is 1. The molecule has 0 bridgehead atoms. The van der Waals surface area contributed by atoms with Gasteiger partial charge >= 0.3 is 0 Å². The smallest absolute Gasteiger partial charge is 0.150 e. The number of hydrogen-bond donors (Lipinski definition) is 1. The van der Waals surface area contributed by atoms with Gasteiger partial charge in [0.15, 0.2) is 0 Å². The molecule has 0 radical (unpaired) electrons. The molecule has 86 valence electrons. The Bertz CT molecular complexity index is 526. The van der Waals surface area contributed by atoms with Gasteiger partial charge in [-0.1, -0.05) is 41.8 Å². The van der Waals surface area contributed by atoms with Crippen molar-refractivity contribution in [3.63, 3.8) is 0 Å². The molecule has 0 amide bonds. The van der Waals surface area contributed by atoms with E-state index in [1.807, 2.05) is 29.8 Å². The van der Waals surface area contributed by atoms with Gasteiger partial charge in [-0.15, -0.1) is 11.3 Å². The number of benzene rings is 1. The van der Waals surface area contributed by atoms with E-state index < -0.39 is 0 Å². The van der Waals surface area contributed by atoms with Gasteiger partial charge in [0.25, 0.3) is 0 Å². The van der Waals surface area contributed by atoms with Crippen molar-refractivity contribution < 1.29 is 5.11 Å². The Morgan fingerprint density at radius 3 is 3.00 bits per heavy atom. The average molecular weight is 261 g/mol. The minimum Gasteiger partial charge on any atom is -0.384 e. The molecule has 1 aromatic carbocycles. The predicted molar refractivity (Wildman–Crippen MR) is 72.1 cm³/mol. The lowest BCUT2D eigenvalue weighted by molar-refractivity contribution is 0.350. The van der Waals surface area contributed by atoms with Gasteiger partial charge < -0.3 is 5.11 Å². The largest absolute Gasteiger partial charge is 0.384 e. The molecule has 17 heavy (non-hydrogen) atoms. The monoisotopic (exact) mass is 261 g/mol. The molecular formula is C13H11NOS2. The summed E-state index contributed by atoms with van der Waals surface area (Å²) >= 11 is 3.35. The Hall–Kier alpha value is -1.28. The van der Waals surface area contributed by atoms with Crippen LogP contribution in [0.2, 0.25) is 0 Å². The molecule has 2 nitrogen and oxygen atoms in total. The maximum Gasteiger partial charge on any atom is 0.150 e. The highest BCUT2D eigenvalue weighted by Crippen LogP contribution is 2.25. The van der Waals surface area contributed by atoms with Crippen molar-refractivity contribution in [2.45, 2.75) is 10.1 Å². The molecule has 0 fully saturated rings. The molecular weight excluding hydrogens is 250 g/mol. The van der Waals surface area contributed by atoms with Gasteiger partial charge in [-0.3, -0.25) is 0 Å². The van der Waals surface area contributed by atoms with Crippen LogP contribution in [-0.2, 0) is 5.75 Å². The van der Waals surface area contributed by atoms with Gasteiger partial charge in [0.05, 0.1) is 0 Å². The lowest BCUT2D eigenvalue weighted by Crippen LogP contribution is -1.87. The van der Waals surface area contributed by atoms with Crippen molar-refractivity contribution in [3.05, 3.63) is 47.0 Å². The van der Waals surface area contributed by atoms with Gasteiger partial charge in [-0.25, -0.2) is 4.98 Å². The van der Waals surface area contributed by atoms with Crippen LogP contribution in [0.3, 0.4) is 0 Å². The highest BCUT2D eigenvalue weighted by atomic mass is 32.2. The van der Waals surface area contributed by atoms with Gasteiger partial charge in [-0.2, -0.15) is 0 Å². The summed E-state index contributed by atoms with van der Waals surface area (Å²) in [5.41, 5.74) is 2.15. The maximum atomic E-state index is 8.71. The number of aliphatic hydroxyl groups excluding tert-OH is 1. The predicted octanol–water partition coefficient (Wildman–Crippen LogP) is 2.78. The normalized spacial score (nSPS) is 9.71. The van der Waals surface area contributed by atoms with Crippen LogP contribution in [0, 0.1) is 11.8 Å². The summed E-state index contributed by atoms with van der Waals surface area (Å²) in [5.74, 6) is 6.50. The highest BCUT2D eigenvalue weighted by molar-refractivity contribution is 8.00. The number of thiazole rings is 1. The van der Waals surface area contributed by atoms with Crippen molar-refractivity contribution in [3.8, 4) is 11.8 Å². The SMILES string of the molecule is OCC#Cc1ccccc1CSc1nccs1. The van der Waals surface area contributed by atoms with Crippen LogP contribution in [0.25, 0.3) is 0 Å². The highest BCUT2D eigenvalue weighted by Gasteiger charge is 2.01. The lowest BCUT2D eigenvalue weighted by Gasteiger charge is -2.02. The topological polar surface area (TPSA) is 33.1 Å². The fourth-order valence-electron chi connectivity index (χ4n) is 1.32. The quantitative estimate of drug-likeness (QED) is 0.681. The van der Waals surface area contributed by atoms with Crippen molar-refractivity contribution in [2.75, 3.05) is 6.61 Å². The number of nitrogens with zero attached hydrogens (tertiary/aromatic N) is 1. The maximum absolute atomic E-state index is 8.71. The van der Waals surface area contributed by atoms with Gasteiger partial charge in [0.2, 0.25) is 0 Å².